The van der Waals surface area contributed by atoms with Crippen molar-refractivity contribution in [2.45, 2.75) is 6.92 Å². The van der Waals surface area contributed by atoms with Crippen molar-refractivity contribution in [1.82, 2.24) is 19.7 Å². The fourth-order valence-corrected chi connectivity index (χ4v) is 1.90. The summed E-state index contributed by atoms with van der Waals surface area (Å²) >= 11 is 0. The fraction of sp³-hybridized carbons (Fsp3) is 0.0714. The third-order valence-electron chi connectivity index (χ3n) is 2.88. The van der Waals surface area contributed by atoms with Crippen LogP contribution in [0.1, 0.15) is 5.56 Å². The van der Waals surface area contributed by atoms with Gasteiger partial charge in [0.2, 0.25) is 5.88 Å². The van der Waals surface area contributed by atoms with Gasteiger partial charge >= 0.3 is 0 Å². The molecule has 0 radical (unpaired) electrons. The van der Waals surface area contributed by atoms with Gasteiger partial charge in [-0.25, -0.2) is 9.97 Å². The van der Waals surface area contributed by atoms with Crippen LogP contribution in [0, 0.1) is 6.92 Å². The maximum absolute atomic E-state index is 10.2. The normalized spacial score (nSPS) is 10.6. The molecule has 1 N–H and O–H groups in total. The minimum atomic E-state index is 0.0602. The van der Waals surface area contributed by atoms with Crippen LogP contribution in [0.15, 0.2) is 48.8 Å². The molecule has 0 aliphatic heterocycles. The third-order valence-corrected chi connectivity index (χ3v) is 2.88. The van der Waals surface area contributed by atoms with Crippen LogP contribution in [-0.4, -0.2) is 24.9 Å². The highest BCUT2D eigenvalue weighted by atomic mass is 16.3. The van der Waals surface area contributed by atoms with Crippen molar-refractivity contribution in [3.05, 3.63) is 54.4 Å². The number of nitrogens with zero attached hydrogens (tertiary/aromatic N) is 4. The van der Waals surface area contributed by atoms with Crippen molar-refractivity contribution in [1.29, 1.82) is 0 Å². The Morgan fingerprint density at radius 1 is 1.00 bits per heavy atom. The summed E-state index contributed by atoms with van der Waals surface area (Å²) in [4.78, 5) is 8.17. The predicted molar refractivity (Wildman–Crippen MR) is 71.0 cm³/mol. The zero-order valence-electron chi connectivity index (χ0n) is 10.4. The summed E-state index contributed by atoms with van der Waals surface area (Å²) in [6.07, 6.45) is 3.22. The molecule has 19 heavy (non-hydrogen) atoms. The van der Waals surface area contributed by atoms with Gasteiger partial charge in [0.1, 0.15) is 0 Å². The van der Waals surface area contributed by atoms with E-state index >= 15 is 0 Å². The summed E-state index contributed by atoms with van der Waals surface area (Å²) < 4.78 is 1.34. The van der Waals surface area contributed by atoms with E-state index in [0.29, 0.717) is 11.5 Å². The molecule has 5 heteroatoms. The van der Waals surface area contributed by atoms with Crippen LogP contribution in [0.2, 0.25) is 0 Å². The Labute approximate surface area is 110 Å². The summed E-state index contributed by atoms with van der Waals surface area (Å²) in [5, 5.41) is 14.5. The topological polar surface area (TPSA) is 63.8 Å². The molecule has 0 aliphatic carbocycles. The molecule has 94 valence electrons. The Morgan fingerprint density at radius 2 is 1.68 bits per heavy atom. The van der Waals surface area contributed by atoms with E-state index in [4.69, 9.17) is 0 Å². The van der Waals surface area contributed by atoms with E-state index < -0.39 is 0 Å². The molecule has 3 aromatic rings. The average molecular weight is 252 g/mol. The highest BCUT2D eigenvalue weighted by molar-refractivity contribution is 5.65. The highest BCUT2D eigenvalue weighted by Crippen LogP contribution is 2.29. The number of rotatable bonds is 2. The van der Waals surface area contributed by atoms with E-state index in [1.54, 1.807) is 18.5 Å². The summed E-state index contributed by atoms with van der Waals surface area (Å²) in [6, 6.07) is 11.4. The molecule has 0 fully saturated rings. The first-order valence-electron chi connectivity index (χ1n) is 5.89. The van der Waals surface area contributed by atoms with Crippen LogP contribution >= 0.6 is 0 Å². The van der Waals surface area contributed by atoms with Crippen molar-refractivity contribution in [3.8, 4) is 23.1 Å². The number of hydrogen-bond acceptors (Lipinski definition) is 4. The maximum Gasteiger partial charge on any atom is 0.253 e. The molecule has 0 aliphatic rings. The summed E-state index contributed by atoms with van der Waals surface area (Å²) in [6.45, 7) is 1.82. The van der Waals surface area contributed by atoms with E-state index in [1.807, 2.05) is 37.3 Å². The molecule has 5 nitrogen and oxygen atoms in total. The summed E-state index contributed by atoms with van der Waals surface area (Å²) in [5.41, 5.74) is 2.38. The van der Waals surface area contributed by atoms with Crippen molar-refractivity contribution >= 4 is 0 Å². The number of aromatic nitrogens is 4. The Balaban J connectivity index is 2.16. The molecule has 3 rings (SSSR count). The lowest BCUT2D eigenvalue weighted by molar-refractivity contribution is 0.426. The molecular formula is C14H12N4O. The lowest BCUT2D eigenvalue weighted by Gasteiger charge is -1.99. The van der Waals surface area contributed by atoms with Gasteiger partial charge in [0.05, 0.1) is 5.69 Å². The Kier molecular flexibility index (Phi) is 2.72. The second kappa shape index (κ2) is 4.53. The molecule has 1 aromatic carbocycles. The molecule has 0 unspecified atom stereocenters. The molecule has 0 saturated heterocycles. The lowest BCUT2D eigenvalue weighted by atomic mass is 10.1. The lowest BCUT2D eigenvalue weighted by Crippen LogP contribution is -2.01. The van der Waals surface area contributed by atoms with Crippen LogP contribution in [-0.2, 0) is 0 Å². The van der Waals surface area contributed by atoms with Gasteiger partial charge in [0, 0.05) is 23.5 Å². The minimum Gasteiger partial charge on any atom is -0.493 e. The van der Waals surface area contributed by atoms with E-state index in [1.165, 1.54) is 4.68 Å². The first-order chi connectivity index (χ1) is 9.27. The third kappa shape index (κ3) is 1.95. The van der Waals surface area contributed by atoms with Gasteiger partial charge in [0.15, 0.2) is 0 Å². The van der Waals surface area contributed by atoms with Crippen LogP contribution in [0.5, 0.6) is 5.88 Å². The quantitative estimate of drug-likeness (QED) is 0.760. The van der Waals surface area contributed by atoms with Gasteiger partial charge in [-0.2, -0.15) is 9.78 Å². The van der Waals surface area contributed by atoms with Gasteiger partial charge in [-0.05, 0) is 13.0 Å². The van der Waals surface area contributed by atoms with Crippen molar-refractivity contribution < 1.29 is 5.11 Å². The molecule has 2 heterocycles. The first kappa shape index (κ1) is 11.4. The monoisotopic (exact) mass is 252 g/mol. The summed E-state index contributed by atoms with van der Waals surface area (Å²) in [7, 11) is 0. The second-order valence-electron chi connectivity index (χ2n) is 4.12. The van der Waals surface area contributed by atoms with Crippen LogP contribution in [0.25, 0.3) is 17.2 Å². The molecule has 0 saturated carbocycles. The van der Waals surface area contributed by atoms with Crippen LogP contribution in [0.3, 0.4) is 0 Å². The maximum atomic E-state index is 10.2. The van der Waals surface area contributed by atoms with Crippen molar-refractivity contribution in [2.24, 2.45) is 0 Å². The van der Waals surface area contributed by atoms with E-state index in [2.05, 4.69) is 15.1 Å². The van der Waals surface area contributed by atoms with Gasteiger partial charge in [-0.1, -0.05) is 30.3 Å². The minimum absolute atomic E-state index is 0.0602. The Morgan fingerprint density at radius 3 is 2.37 bits per heavy atom. The Hall–Kier alpha value is -2.69. The van der Waals surface area contributed by atoms with E-state index in [9.17, 15) is 5.11 Å². The SMILES string of the molecule is Cc1c(-c2ccccc2)nn(-c2ncccn2)c1O. The summed E-state index contributed by atoms with van der Waals surface area (Å²) in [5.74, 6) is 0.412. The van der Waals surface area contributed by atoms with Gasteiger partial charge in [-0.15, -0.1) is 0 Å². The zero-order chi connectivity index (χ0) is 13.2. The van der Waals surface area contributed by atoms with Crippen molar-refractivity contribution in [2.75, 3.05) is 0 Å². The number of hydrogen-bond donors (Lipinski definition) is 1. The van der Waals surface area contributed by atoms with E-state index in [-0.39, 0.29) is 5.88 Å². The largest absolute Gasteiger partial charge is 0.493 e. The Bertz CT molecular complexity index is 632. The van der Waals surface area contributed by atoms with Crippen molar-refractivity contribution in [3.63, 3.8) is 0 Å². The average Bonchev–Trinajstić information content (AvgIpc) is 2.77. The predicted octanol–water partition coefficient (Wildman–Crippen LogP) is 2.34. The smallest absolute Gasteiger partial charge is 0.253 e. The van der Waals surface area contributed by atoms with Gasteiger partial charge in [-0.3, -0.25) is 0 Å². The second-order valence-corrected chi connectivity index (χ2v) is 4.12. The molecule has 0 atom stereocenters. The van der Waals surface area contributed by atoms with Gasteiger partial charge in [0.25, 0.3) is 5.95 Å². The molecule has 0 bridgehead atoms. The van der Waals surface area contributed by atoms with Gasteiger partial charge < -0.3 is 5.11 Å². The molecule has 0 spiro atoms. The van der Waals surface area contributed by atoms with Crippen LogP contribution < -0.4 is 0 Å². The number of aromatic hydroxyl groups is 1. The number of benzene rings is 1. The van der Waals surface area contributed by atoms with E-state index in [0.717, 1.165) is 11.3 Å². The zero-order valence-corrected chi connectivity index (χ0v) is 10.4. The standard InChI is InChI=1S/C14H12N4O/c1-10-12(11-6-3-2-4-7-11)17-18(13(10)19)14-15-8-5-9-16-14/h2-9,19H,1H3. The molecule has 2 aromatic heterocycles. The van der Waals surface area contributed by atoms with Crippen LogP contribution in [0.4, 0.5) is 0 Å². The fourth-order valence-electron chi connectivity index (χ4n) is 1.90. The first-order valence-corrected chi connectivity index (χ1v) is 5.89. The molecule has 0 amide bonds. The highest BCUT2D eigenvalue weighted by Gasteiger charge is 2.17. The molecular weight excluding hydrogens is 240 g/mol.